The van der Waals surface area contributed by atoms with Crippen molar-refractivity contribution in [3.63, 3.8) is 0 Å². The van der Waals surface area contributed by atoms with Crippen LogP contribution >= 0.6 is 0 Å². The molecule has 3 nitrogen and oxygen atoms in total. The summed E-state index contributed by atoms with van der Waals surface area (Å²) in [6, 6.07) is 94.0. The largest absolute Gasteiger partial charge is 0.493 e. The fraction of sp³-hybridized carbons (Fsp3) is 0.125. The van der Waals surface area contributed by atoms with Crippen LogP contribution in [0.3, 0.4) is 0 Å². The molecule has 2 atom stereocenters. The van der Waals surface area contributed by atoms with Gasteiger partial charge in [-0.15, -0.1) is 0 Å². The maximum Gasteiger partial charge on any atom is 0.122 e. The molecule has 1 aromatic heterocycles. The number of benzene rings is 11. The molecule has 0 saturated carbocycles. The van der Waals surface area contributed by atoms with Gasteiger partial charge in [0.25, 0.3) is 0 Å². The molecular formula is C80H68N2O. The lowest BCUT2D eigenvalue weighted by atomic mass is 9.69. The number of aromatic nitrogens is 1. The summed E-state index contributed by atoms with van der Waals surface area (Å²) in [6.07, 6.45) is 8.03. The van der Waals surface area contributed by atoms with Gasteiger partial charge in [-0.2, -0.15) is 0 Å². The third kappa shape index (κ3) is 9.97. The second-order valence-corrected chi connectivity index (χ2v) is 22.6. The summed E-state index contributed by atoms with van der Waals surface area (Å²) in [5, 5.41) is 2.45. The van der Waals surface area contributed by atoms with Gasteiger partial charge < -0.3 is 14.2 Å². The Labute approximate surface area is 489 Å². The Morgan fingerprint density at radius 1 is 0.458 bits per heavy atom. The van der Waals surface area contributed by atoms with E-state index < -0.39 is 0 Å². The lowest BCUT2D eigenvalue weighted by Crippen LogP contribution is -2.27. The van der Waals surface area contributed by atoms with Crippen molar-refractivity contribution in [2.45, 2.75) is 51.9 Å². The van der Waals surface area contributed by atoms with Crippen LogP contribution in [0.5, 0.6) is 5.75 Å². The van der Waals surface area contributed by atoms with Gasteiger partial charge in [-0.1, -0.05) is 215 Å². The minimum absolute atomic E-state index is 0.337. The van der Waals surface area contributed by atoms with Crippen molar-refractivity contribution >= 4 is 51.0 Å². The minimum Gasteiger partial charge on any atom is -0.493 e. The van der Waals surface area contributed by atoms with E-state index in [0.717, 1.165) is 70.9 Å². The van der Waals surface area contributed by atoms with Crippen molar-refractivity contribution in [2.75, 3.05) is 11.5 Å². The summed E-state index contributed by atoms with van der Waals surface area (Å²) in [5.74, 6) is 1.38. The predicted octanol–water partition coefficient (Wildman–Crippen LogP) is 21.7. The standard InChI is InChI=1S/C80H68N2O/c1-6-58-30-34-60(35-31-58)63-40-46-77-73(51-63)74-52-64(41-47-78(74)82(77)67-26-15-10-16-27-67)61-38-42-68(43-39-61)81(66-24-13-9-14-25-66)69-44-45-71-70-28-17-18-29-75(70)80(76(71)53-69,65-22-11-8-12-23-65)48-20-19-21-55(3)54-83-79-50-56(4)72(49-57(79)5)62-36-32-59(7-2)33-37-62/h6-18,22-47,49-53,55H,1-2,19-21,48,54H2,3-5H3. The molecule has 2 unspecified atom stereocenters. The third-order valence-electron chi connectivity index (χ3n) is 17.4. The van der Waals surface area contributed by atoms with Gasteiger partial charge in [-0.25, -0.2) is 0 Å². The van der Waals surface area contributed by atoms with E-state index >= 15 is 0 Å². The number of hydrogen-bond acceptors (Lipinski definition) is 2. The average Bonchev–Trinajstić information content (AvgIpc) is 2.41. The zero-order valence-corrected chi connectivity index (χ0v) is 47.7. The van der Waals surface area contributed by atoms with Gasteiger partial charge in [0.1, 0.15) is 5.75 Å². The number of para-hydroxylation sites is 2. The predicted molar refractivity (Wildman–Crippen MR) is 353 cm³/mol. The van der Waals surface area contributed by atoms with Crippen molar-refractivity contribution in [1.29, 1.82) is 0 Å². The highest BCUT2D eigenvalue weighted by molar-refractivity contribution is 6.11. The van der Waals surface area contributed by atoms with Crippen molar-refractivity contribution in [3.8, 4) is 55.9 Å². The summed E-state index contributed by atoms with van der Waals surface area (Å²) in [4.78, 5) is 2.43. The maximum absolute atomic E-state index is 6.60. The van der Waals surface area contributed by atoms with Gasteiger partial charge >= 0.3 is 0 Å². The molecule has 83 heavy (non-hydrogen) atoms. The Balaban J connectivity index is 0.804. The number of nitrogens with zero attached hydrogens (tertiary/aromatic N) is 2. The first-order valence-electron chi connectivity index (χ1n) is 29.4. The van der Waals surface area contributed by atoms with Crippen LogP contribution in [0.4, 0.5) is 17.1 Å². The zero-order valence-electron chi connectivity index (χ0n) is 47.7. The number of unbranched alkanes of at least 4 members (excludes halogenated alkanes) is 1. The van der Waals surface area contributed by atoms with Gasteiger partial charge in [-0.05, 0) is 201 Å². The summed E-state index contributed by atoms with van der Waals surface area (Å²) >= 11 is 0. The smallest absolute Gasteiger partial charge is 0.122 e. The van der Waals surface area contributed by atoms with Crippen molar-refractivity contribution in [1.82, 2.24) is 4.57 Å². The maximum atomic E-state index is 6.60. The first-order valence-corrected chi connectivity index (χ1v) is 29.4. The van der Waals surface area contributed by atoms with Gasteiger partial charge in [0.15, 0.2) is 0 Å². The quantitative estimate of drug-likeness (QED) is 0.0797. The topological polar surface area (TPSA) is 17.4 Å². The molecule has 0 N–H and O–H groups in total. The van der Waals surface area contributed by atoms with E-state index in [9.17, 15) is 0 Å². The molecule has 0 radical (unpaired) electrons. The molecule has 0 bridgehead atoms. The highest BCUT2D eigenvalue weighted by Gasteiger charge is 2.44. The highest BCUT2D eigenvalue weighted by Crippen LogP contribution is 2.56. The van der Waals surface area contributed by atoms with Gasteiger partial charge in [0.2, 0.25) is 0 Å². The van der Waals surface area contributed by atoms with Gasteiger partial charge in [0.05, 0.1) is 17.6 Å². The Kier molecular flexibility index (Phi) is 14.4. The molecule has 1 aliphatic rings. The Bertz CT molecular complexity index is 4310. The minimum atomic E-state index is -0.337. The number of hydrogen-bond donors (Lipinski definition) is 0. The first-order chi connectivity index (χ1) is 40.8. The molecule has 0 spiro atoms. The molecule has 404 valence electrons. The van der Waals surface area contributed by atoms with E-state index in [2.05, 4.69) is 298 Å². The molecule has 1 aliphatic carbocycles. The van der Waals surface area contributed by atoms with E-state index in [1.165, 1.54) is 88.6 Å². The Morgan fingerprint density at radius 3 is 1.63 bits per heavy atom. The van der Waals surface area contributed by atoms with Crippen molar-refractivity contribution in [2.24, 2.45) is 5.92 Å². The number of aryl methyl sites for hydroxylation is 2. The summed E-state index contributed by atoms with van der Waals surface area (Å²) in [6.45, 7) is 15.3. The molecular weight excluding hydrogens is 1000 g/mol. The molecule has 0 saturated heterocycles. The second-order valence-electron chi connectivity index (χ2n) is 22.6. The zero-order chi connectivity index (χ0) is 56.4. The van der Waals surface area contributed by atoms with E-state index in [1.54, 1.807) is 0 Å². The molecule has 0 amide bonds. The average molecular weight is 1070 g/mol. The number of fused-ring (bicyclic) bond motifs is 6. The lowest BCUT2D eigenvalue weighted by Gasteiger charge is -2.34. The number of ether oxygens (including phenoxy) is 1. The normalized spacial score (nSPS) is 13.8. The monoisotopic (exact) mass is 1070 g/mol. The van der Waals surface area contributed by atoms with Gasteiger partial charge in [0, 0.05) is 38.9 Å². The van der Waals surface area contributed by atoms with Crippen LogP contribution in [-0.2, 0) is 5.41 Å². The first kappa shape index (κ1) is 52.7. The summed E-state index contributed by atoms with van der Waals surface area (Å²) in [7, 11) is 0. The molecule has 0 aliphatic heterocycles. The van der Waals surface area contributed by atoms with E-state index in [1.807, 2.05) is 12.2 Å². The molecule has 0 fully saturated rings. The van der Waals surface area contributed by atoms with Crippen LogP contribution in [0.15, 0.2) is 268 Å². The van der Waals surface area contributed by atoms with E-state index in [4.69, 9.17) is 4.74 Å². The molecule has 1 heterocycles. The molecule has 12 aromatic rings. The van der Waals surface area contributed by atoms with Gasteiger partial charge in [-0.3, -0.25) is 0 Å². The summed E-state index contributed by atoms with van der Waals surface area (Å²) in [5.41, 5.74) is 25.0. The van der Waals surface area contributed by atoms with Crippen LogP contribution in [0.1, 0.15) is 71.6 Å². The van der Waals surface area contributed by atoms with Crippen LogP contribution < -0.4 is 9.64 Å². The van der Waals surface area contributed by atoms with Crippen molar-refractivity contribution in [3.05, 3.63) is 307 Å². The van der Waals surface area contributed by atoms with Crippen molar-refractivity contribution < 1.29 is 4.74 Å². The van der Waals surface area contributed by atoms with E-state index in [-0.39, 0.29) is 5.41 Å². The Hall–Kier alpha value is -9.70. The third-order valence-corrected chi connectivity index (χ3v) is 17.4. The fourth-order valence-corrected chi connectivity index (χ4v) is 13.1. The SMILES string of the molecule is C=Cc1ccc(-c2ccc3c(c2)c2cc(-c4ccc(N(c5ccccc5)c5ccc6c(c5)C(CCCCC(C)COc5cc(C)c(-c7ccc(C=C)cc7)cc5C)(c5ccccc5)c5ccccc5-6)cc4)ccc2n3-c2ccccc2)cc1. The molecule has 11 aromatic carbocycles. The van der Waals surface area contributed by atoms with Crippen LogP contribution in [0.25, 0.3) is 84.2 Å². The van der Waals surface area contributed by atoms with Crippen LogP contribution in [0.2, 0.25) is 0 Å². The second kappa shape index (κ2) is 22.7. The summed E-state index contributed by atoms with van der Waals surface area (Å²) < 4.78 is 9.00. The lowest BCUT2D eigenvalue weighted by molar-refractivity contribution is 0.247. The van der Waals surface area contributed by atoms with Crippen LogP contribution in [-0.4, -0.2) is 11.2 Å². The fourth-order valence-electron chi connectivity index (χ4n) is 13.1. The number of rotatable bonds is 18. The van der Waals surface area contributed by atoms with Crippen LogP contribution in [0, 0.1) is 19.8 Å². The molecule has 3 heteroatoms. The van der Waals surface area contributed by atoms with E-state index in [0.29, 0.717) is 12.5 Å². The molecule has 13 rings (SSSR count). The number of anilines is 3. The Morgan fingerprint density at radius 2 is 0.988 bits per heavy atom. The highest BCUT2D eigenvalue weighted by atomic mass is 16.5.